The molecular weight excluding hydrogens is 1220 g/mol. The van der Waals surface area contributed by atoms with Crippen molar-refractivity contribution in [1.82, 2.24) is 15.1 Å². The fourth-order valence-electron chi connectivity index (χ4n) is 11.9. The van der Waals surface area contributed by atoms with E-state index < -0.39 is 58.8 Å². The molecule has 96 heavy (non-hydrogen) atoms. The second kappa shape index (κ2) is 32.1. The summed E-state index contributed by atoms with van der Waals surface area (Å²) in [5, 5.41) is 18.6. The van der Waals surface area contributed by atoms with Crippen molar-refractivity contribution < 1.29 is 51.7 Å². The lowest BCUT2D eigenvalue weighted by molar-refractivity contribution is -0.141. The molecule has 4 amide bonds. The number of carboxylic acids is 1. The first kappa shape index (κ1) is 69.8. The number of carboxylic acid groups (broad SMARTS) is 1. The molecular formula is C79H81F3N6O8. The Hall–Kier alpha value is -10.5. The molecule has 0 unspecified atom stereocenters. The summed E-state index contributed by atoms with van der Waals surface area (Å²) in [6, 6.07) is 72.6. The van der Waals surface area contributed by atoms with Gasteiger partial charge in [0.05, 0.1) is 17.8 Å². The van der Waals surface area contributed by atoms with Crippen LogP contribution in [0.5, 0.6) is 0 Å². The largest absolute Gasteiger partial charge is 0.481 e. The minimum absolute atomic E-state index is 0.0171. The van der Waals surface area contributed by atoms with Crippen LogP contribution >= 0.6 is 0 Å². The highest BCUT2D eigenvalue weighted by Gasteiger charge is 2.44. The summed E-state index contributed by atoms with van der Waals surface area (Å²) in [7, 11) is 0. The van der Waals surface area contributed by atoms with Gasteiger partial charge in [-0.3, -0.25) is 14.4 Å². The van der Waals surface area contributed by atoms with Crippen molar-refractivity contribution in [3.63, 3.8) is 0 Å². The molecule has 0 radical (unpaired) electrons. The van der Waals surface area contributed by atoms with Crippen LogP contribution in [0.1, 0.15) is 76.0 Å². The number of carbonyl (C=O) groups excluding carboxylic acids is 4. The van der Waals surface area contributed by atoms with Crippen molar-refractivity contribution in [3.05, 3.63) is 271 Å². The number of aliphatic carboxylic acids is 1. The van der Waals surface area contributed by atoms with E-state index in [1.54, 1.807) is 90.1 Å². The van der Waals surface area contributed by atoms with E-state index in [0.29, 0.717) is 35.5 Å². The molecule has 496 valence electrons. The van der Waals surface area contributed by atoms with Gasteiger partial charge >= 0.3 is 18.2 Å². The van der Waals surface area contributed by atoms with E-state index in [0.717, 1.165) is 33.6 Å². The van der Waals surface area contributed by atoms with E-state index >= 15 is 0 Å². The van der Waals surface area contributed by atoms with Gasteiger partial charge in [-0.2, -0.15) is 0 Å². The van der Waals surface area contributed by atoms with Crippen LogP contribution in [-0.2, 0) is 23.9 Å². The highest BCUT2D eigenvalue weighted by Crippen LogP contribution is 2.38. The Kier molecular flexibility index (Phi) is 23.3. The quantitative estimate of drug-likeness (QED) is 0.0779. The minimum atomic E-state index is -1.04. The predicted octanol–water partition coefficient (Wildman–Crippen LogP) is 16.3. The number of rotatable bonds is 11. The molecule has 17 heteroatoms. The van der Waals surface area contributed by atoms with Gasteiger partial charge in [-0.05, 0) is 146 Å². The van der Waals surface area contributed by atoms with E-state index in [1.165, 1.54) is 39.1 Å². The predicted molar refractivity (Wildman–Crippen MR) is 371 cm³/mol. The number of anilines is 3. The number of nitrogen functional groups attached to an aromatic ring is 1. The number of hydrogen-bond acceptors (Lipinski definition) is 9. The molecule has 0 aromatic heterocycles. The zero-order valence-electron chi connectivity index (χ0n) is 54.6. The minimum Gasteiger partial charge on any atom is -0.481 e. The van der Waals surface area contributed by atoms with Crippen LogP contribution in [0.4, 0.5) is 39.8 Å². The number of benzene rings is 9. The number of halogens is 3. The molecule has 9 aromatic rings. The standard InChI is InChI=1S/C28H29FN2O3.C23H21FN2O.C16H20FNO4.C12H11N/c1-28(2,3)34-27(33)31-17-23(22-14-7-8-15-25(22)29)24(18-31)26(32)30-21-13-9-12-20(16-21)19-10-5-4-6-11-19;24-22-12-5-4-11-19(22)20-14-25-15-21(20)23(27)26-18-10-6-9-17(13-18)16-7-2-1-3-8-16;1-16(2,3)22-15(21)18-8-11(12(9-18)14(19)20)10-6-4-5-7-13(10)17;13-12-8-4-7-11(9-12)10-5-2-1-3-6-10/h4-16,23-24H,17-18H2,1-3H3,(H,30,32);1-13,20-21,25H,14-15H2,(H,26,27);4-7,11-12H,8-9H2,1-3H3,(H,19,20);1-9H,13H2/t23-,24+;20-,21+;11-,12+;/m000./s1. The fraction of sp³-hybridized carbons (Fsp3) is 0.253. The van der Waals surface area contributed by atoms with Crippen LogP contribution in [0.15, 0.2) is 237 Å². The lowest BCUT2D eigenvalue weighted by Crippen LogP contribution is -2.36. The monoisotopic (exact) mass is 1300 g/mol. The summed E-state index contributed by atoms with van der Waals surface area (Å²) in [5.74, 6) is -5.47. The van der Waals surface area contributed by atoms with Crippen LogP contribution in [0, 0.1) is 35.2 Å². The number of ether oxygens (including phenoxy) is 2. The maximum Gasteiger partial charge on any atom is 0.410 e. The lowest BCUT2D eigenvalue weighted by atomic mass is 9.88. The van der Waals surface area contributed by atoms with E-state index in [2.05, 4.69) is 34.1 Å². The van der Waals surface area contributed by atoms with E-state index in [9.17, 15) is 42.3 Å². The average molecular weight is 1300 g/mol. The van der Waals surface area contributed by atoms with Gasteiger partial charge < -0.3 is 46.1 Å². The number of amides is 4. The highest BCUT2D eigenvalue weighted by molar-refractivity contribution is 5.95. The first-order valence-corrected chi connectivity index (χ1v) is 31.9. The molecule has 6 N–H and O–H groups in total. The normalized spacial score (nSPS) is 18.0. The van der Waals surface area contributed by atoms with Gasteiger partial charge in [0.15, 0.2) is 0 Å². The fourth-order valence-corrected chi connectivity index (χ4v) is 11.9. The first-order chi connectivity index (χ1) is 46.0. The topological polar surface area (TPSA) is 193 Å². The van der Waals surface area contributed by atoms with Crippen LogP contribution < -0.4 is 21.7 Å². The number of likely N-dealkylation sites (tertiary alicyclic amines) is 2. The summed E-state index contributed by atoms with van der Waals surface area (Å²) in [6.45, 7) is 12.2. The molecule has 0 aliphatic carbocycles. The SMILES string of the molecule is CC(C)(C)OC(=O)N1C[C@@H](C(=O)Nc2cccc(-c3ccccc3)c2)[C@H](c2ccccc2F)C1.CC(C)(C)OC(=O)N1C[C@@H](C(=O)O)[C@H](c2ccccc2F)C1.Nc1cccc(-c2ccccc2)c1.O=C(Nc1cccc(-c2ccccc2)c1)[C@@H]1CNC[C@H]1c1ccccc1F. The van der Waals surface area contributed by atoms with E-state index in [4.69, 9.17) is 15.2 Å². The van der Waals surface area contributed by atoms with Crippen LogP contribution in [0.25, 0.3) is 33.4 Å². The van der Waals surface area contributed by atoms with Gasteiger partial charge in [0.25, 0.3) is 0 Å². The number of nitrogens with one attached hydrogen (secondary N) is 3. The lowest BCUT2D eigenvalue weighted by Gasteiger charge is -2.24. The third-order valence-electron chi connectivity index (χ3n) is 16.5. The van der Waals surface area contributed by atoms with Crippen molar-refractivity contribution >= 4 is 47.0 Å². The summed E-state index contributed by atoms with van der Waals surface area (Å²) in [6.07, 6.45) is -1.08. The molecule has 3 heterocycles. The maximum absolute atomic E-state index is 14.7. The second-order valence-corrected chi connectivity index (χ2v) is 25.8. The van der Waals surface area contributed by atoms with Gasteiger partial charge in [-0.1, -0.05) is 182 Å². The van der Waals surface area contributed by atoms with Crippen LogP contribution in [-0.4, -0.2) is 95.3 Å². The Labute approximate surface area is 559 Å². The Morgan fingerprint density at radius 3 is 1.16 bits per heavy atom. The smallest absolute Gasteiger partial charge is 0.410 e. The zero-order chi connectivity index (χ0) is 68.5. The molecule has 3 saturated heterocycles. The molecule has 0 bridgehead atoms. The number of nitrogens with zero attached hydrogens (tertiary/aromatic N) is 2. The highest BCUT2D eigenvalue weighted by atomic mass is 19.1. The number of carbonyl (C=O) groups is 5. The van der Waals surface area contributed by atoms with Gasteiger partial charge in [-0.15, -0.1) is 0 Å². The number of nitrogens with two attached hydrogens (primary N) is 1. The summed E-state index contributed by atoms with van der Waals surface area (Å²) in [5.41, 5.74) is 14.4. The Morgan fingerprint density at radius 1 is 0.417 bits per heavy atom. The van der Waals surface area contributed by atoms with Crippen molar-refractivity contribution in [1.29, 1.82) is 0 Å². The number of hydrogen-bond donors (Lipinski definition) is 5. The Bertz CT molecular complexity index is 4110. The van der Waals surface area contributed by atoms with Crippen LogP contribution in [0.2, 0.25) is 0 Å². The molecule has 9 aromatic carbocycles. The Balaban J connectivity index is 0.000000157. The third kappa shape index (κ3) is 19.1. The molecule has 3 fully saturated rings. The van der Waals surface area contributed by atoms with Crippen molar-refractivity contribution in [3.8, 4) is 33.4 Å². The van der Waals surface area contributed by atoms with E-state index in [1.807, 2.05) is 152 Å². The molecule has 0 spiro atoms. The van der Waals surface area contributed by atoms with Gasteiger partial charge in [-0.25, -0.2) is 22.8 Å². The van der Waals surface area contributed by atoms with E-state index in [-0.39, 0.29) is 61.5 Å². The third-order valence-corrected chi connectivity index (χ3v) is 16.5. The van der Waals surface area contributed by atoms with Crippen LogP contribution in [0.3, 0.4) is 0 Å². The molecule has 6 atom stereocenters. The molecule has 14 nitrogen and oxygen atoms in total. The van der Waals surface area contributed by atoms with Crippen molar-refractivity contribution in [2.45, 2.75) is 70.5 Å². The summed E-state index contributed by atoms with van der Waals surface area (Å²) < 4.78 is 53.6. The molecule has 3 aliphatic rings. The van der Waals surface area contributed by atoms with Crippen molar-refractivity contribution in [2.75, 3.05) is 55.6 Å². The summed E-state index contributed by atoms with van der Waals surface area (Å²) in [4.78, 5) is 65.4. The Morgan fingerprint density at radius 2 is 0.760 bits per heavy atom. The summed E-state index contributed by atoms with van der Waals surface area (Å²) >= 11 is 0. The van der Waals surface area contributed by atoms with Gasteiger partial charge in [0.2, 0.25) is 11.8 Å². The second-order valence-electron chi connectivity index (χ2n) is 25.8. The zero-order valence-corrected chi connectivity index (χ0v) is 54.6. The van der Waals surface area contributed by atoms with Gasteiger partial charge in [0.1, 0.15) is 28.7 Å². The maximum atomic E-state index is 14.7. The molecule has 3 aliphatic heterocycles. The first-order valence-electron chi connectivity index (χ1n) is 31.9. The molecule has 0 saturated carbocycles. The van der Waals surface area contributed by atoms with Crippen molar-refractivity contribution in [2.24, 2.45) is 17.8 Å². The van der Waals surface area contributed by atoms with Gasteiger partial charge in [0, 0.05) is 74.1 Å². The average Bonchev–Trinajstić information content (AvgIpc) is 1.65. The molecule has 12 rings (SSSR count).